The van der Waals surface area contributed by atoms with Gasteiger partial charge in [-0.3, -0.25) is 10.1 Å². The van der Waals surface area contributed by atoms with Gasteiger partial charge < -0.3 is 15.5 Å². The van der Waals surface area contributed by atoms with Crippen LogP contribution in [0.25, 0.3) is 0 Å². The topological polar surface area (TPSA) is 96.2 Å². The molecule has 0 spiro atoms. The van der Waals surface area contributed by atoms with Crippen LogP contribution in [0.15, 0.2) is 24.5 Å². The zero-order valence-corrected chi connectivity index (χ0v) is 16.0. The molecular weight excluding hydrogens is 368 g/mol. The molecule has 0 saturated carbocycles. The molecule has 2 N–H and O–H groups in total. The second-order valence-corrected chi connectivity index (χ2v) is 7.03. The summed E-state index contributed by atoms with van der Waals surface area (Å²) in [6.45, 7) is 5.46. The summed E-state index contributed by atoms with van der Waals surface area (Å²) in [5.41, 5.74) is 1.42. The third kappa shape index (κ3) is 5.05. The summed E-state index contributed by atoms with van der Waals surface area (Å²) in [6, 6.07) is 5.28. The summed E-state index contributed by atoms with van der Waals surface area (Å²) in [7, 11) is 0. The molecule has 0 amide bonds. The molecule has 1 saturated heterocycles. The lowest BCUT2D eigenvalue weighted by Gasteiger charge is -2.26. The average Bonchev–Trinajstić information content (AvgIpc) is 2.65. The Morgan fingerprint density at radius 3 is 2.67 bits per heavy atom. The maximum Gasteiger partial charge on any atom is 0.353 e. The molecule has 1 fully saturated rings. The second kappa shape index (κ2) is 8.96. The first-order valence-corrected chi connectivity index (χ1v) is 9.41. The Kier molecular flexibility index (Phi) is 6.41. The van der Waals surface area contributed by atoms with Gasteiger partial charge in [0.25, 0.3) is 0 Å². The summed E-state index contributed by atoms with van der Waals surface area (Å²) >= 11 is 5.97. The second-order valence-electron chi connectivity index (χ2n) is 6.59. The van der Waals surface area contributed by atoms with E-state index in [0.29, 0.717) is 17.3 Å². The maximum absolute atomic E-state index is 11.7. The van der Waals surface area contributed by atoms with Gasteiger partial charge >= 0.3 is 5.69 Å². The van der Waals surface area contributed by atoms with E-state index in [4.69, 9.17) is 11.6 Å². The lowest BCUT2D eigenvalue weighted by Crippen LogP contribution is -2.33. The van der Waals surface area contributed by atoms with Crippen LogP contribution in [0.5, 0.6) is 0 Å². The molecule has 27 heavy (non-hydrogen) atoms. The number of anilines is 3. The Bertz CT molecular complexity index is 810. The molecule has 0 atom stereocenters. The van der Waals surface area contributed by atoms with Crippen molar-refractivity contribution < 1.29 is 4.92 Å². The van der Waals surface area contributed by atoms with E-state index in [2.05, 4.69) is 25.5 Å². The van der Waals surface area contributed by atoms with E-state index in [0.717, 1.165) is 25.2 Å². The van der Waals surface area contributed by atoms with E-state index >= 15 is 0 Å². The summed E-state index contributed by atoms with van der Waals surface area (Å²) in [5, 5.41) is 18.4. The number of piperidine rings is 1. The highest BCUT2D eigenvalue weighted by Crippen LogP contribution is 2.32. The van der Waals surface area contributed by atoms with Crippen molar-refractivity contribution in [3.8, 4) is 0 Å². The molecule has 0 unspecified atom stereocenters. The third-order valence-electron chi connectivity index (χ3n) is 4.62. The first kappa shape index (κ1) is 19.3. The van der Waals surface area contributed by atoms with Gasteiger partial charge in [-0.05, 0) is 56.6 Å². The molecule has 2 aromatic rings. The summed E-state index contributed by atoms with van der Waals surface area (Å²) in [4.78, 5) is 21.7. The zero-order valence-electron chi connectivity index (χ0n) is 15.2. The normalized spacial score (nSPS) is 14.7. The van der Waals surface area contributed by atoms with E-state index in [-0.39, 0.29) is 17.3 Å². The van der Waals surface area contributed by atoms with Gasteiger partial charge in [-0.15, -0.1) is 0 Å². The van der Waals surface area contributed by atoms with E-state index in [1.807, 2.05) is 6.92 Å². The number of hydrogen-bond acceptors (Lipinski definition) is 7. The van der Waals surface area contributed by atoms with Gasteiger partial charge in [0.15, 0.2) is 0 Å². The Morgan fingerprint density at radius 2 is 1.96 bits per heavy atom. The molecule has 3 rings (SSSR count). The first-order chi connectivity index (χ1) is 13.0. The lowest BCUT2D eigenvalue weighted by molar-refractivity contribution is -0.383. The molecule has 1 aromatic heterocycles. The van der Waals surface area contributed by atoms with Crippen LogP contribution in [0.3, 0.4) is 0 Å². The van der Waals surface area contributed by atoms with Gasteiger partial charge in [0, 0.05) is 23.8 Å². The molecule has 144 valence electrons. The zero-order chi connectivity index (χ0) is 19.2. The molecule has 2 heterocycles. The number of halogens is 1. The van der Waals surface area contributed by atoms with Gasteiger partial charge in [0.05, 0.1) is 4.92 Å². The van der Waals surface area contributed by atoms with E-state index in [9.17, 15) is 10.1 Å². The van der Waals surface area contributed by atoms with Crippen LogP contribution in [-0.4, -0.2) is 46.0 Å². The van der Waals surface area contributed by atoms with Gasteiger partial charge in [-0.1, -0.05) is 18.0 Å². The van der Waals surface area contributed by atoms with E-state index in [1.54, 1.807) is 18.2 Å². The fraction of sp³-hybridized carbons (Fsp3) is 0.444. The minimum absolute atomic E-state index is 0.154. The minimum atomic E-state index is -0.461. The highest BCUT2D eigenvalue weighted by molar-refractivity contribution is 6.30. The fourth-order valence-corrected chi connectivity index (χ4v) is 3.41. The highest BCUT2D eigenvalue weighted by atomic mass is 35.5. The Hall–Kier alpha value is -2.45. The lowest BCUT2D eigenvalue weighted by atomic mass is 10.1. The summed E-state index contributed by atoms with van der Waals surface area (Å²) in [5.74, 6) is 0.377. The number of likely N-dealkylation sites (tertiary alicyclic amines) is 1. The van der Waals surface area contributed by atoms with Crippen LogP contribution >= 0.6 is 11.6 Å². The number of nitrogens with one attached hydrogen (secondary N) is 2. The number of rotatable bonds is 7. The van der Waals surface area contributed by atoms with Crippen LogP contribution in [0.2, 0.25) is 5.02 Å². The van der Waals surface area contributed by atoms with Crippen molar-refractivity contribution in [3.63, 3.8) is 0 Å². The Balaban J connectivity index is 1.74. The van der Waals surface area contributed by atoms with Crippen LogP contribution in [0.1, 0.15) is 24.8 Å². The van der Waals surface area contributed by atoms with Gasteiger partial charge in [-0.25, -0.2) is 9.97 Å². The van der Waals surface area contributed by atoms with Crippen LogP contribution in [0, 0.1) is 17.0 Å². The van der Waals surface area contributed by atoms with Crippen molar-refractivity contribution in [2.24, 2.45) is 0 Å². The first-order valence-electron chi connectivity index (χ1n) is 9.03. The molecule has 9 heteroatoms. The minimum Gasteiger partial charge on any atom is -0.363 e. The maximum atomic E-state index is 11.7. The smallest absolute Gasteiger partial charge is 0.353 e. The number of nitrogens with zero attached hydrogens (tertiary/aromatic N) is 4. The largest absolute Gasteiger partial charge is 0.363 e. The van der Waals surface area contributed by atoms with Crippen molar-refractivity contribution in [3.05, 3.63) is 45.2 Å². The number of nitro groups is 1. The van der Waals surface area contributed by atoms with Crippen molar-refractivity contribution in [1.82, 2.24) is 14.9 Å². The fourth-order valence-electron chi connectivity index (χ4n) is 3.18. The van der Waals surface area contributed by atoms with Crippen molar-refractivity contribution in [1.29, 1.82) is 0 Å². The standard InChI is InChI=1S/C18H23ClN6O2/c1-13-11-14(19)5-6-15(13)23-18-16(25(26)27)17(21-12-22-18)20-7-10-24-8-3-2-4-9-24/h5-6,11-12H,2-4,7-10H2,1H3,(H2,20,21,22,23). The third-order valence-corrected chi connectivity index (χ3v) is 4.85. The van der Waals surface area contributed by atoms with Crippen molar-refractivity contribution >= 4 is 34.6 Å². The summed E-state index contributed by atoms with van der Waals surface area (Å²) < 4.78 is 0. The quantitative estimate of drug-likeness (QED) is 0.545. The molecule has 1 aliphatic rings. The average molecular weight is 391 g/mol. The molecule has 0 aliphatic carbocycles. The van der Waals surface area contributed by atoms with Crippen LogP contribution in [-0.2, 0) is 0 Å². The van der Waals surface area contributed by atoms with Crippen LogP contribution < -0.4 is 10.6 Å². The number of benzene rings is 1. The molecule has 1 aliphatic heterocycles. The Morgan fingerprint density at radius 1 is 1.22 bits per heavy atom. The van der Waals surface area contributed by atoms with Gasteiger partial charge in [0.2, 0.25) is 11.6 Å². The predicted molar refractivity (Wildman–Crippen MR) is 107 cm³/mol. The predicted octanol–water partition coefficient (Wildman–Crippen LogP) is 3.99. The molecule has 0 radical (unpaired) electrons. The van der Waals surface area contributed by atoms with Crippen LogP contribution in [0.4, 0.5) is 23.0 Å². The molecule has 0 bridgehead atoms. The molecular formula is C18H23ClN6O2. The Labute approximate surface area is 163 Å². The van der Waals surface area contributed by atoms with E-state index in [1.165, 1.54) is 25.6 Å². The number of hydrogen-bond donors (Lipinski definition) is 2. The monoisotopic (exact) mass is 390 g/mol. The van der Waals surface area contributed by atoms with Crippen molar-refractivity contribution in [2.45, 2.75) is 26.2 Å². The number of aryl methyl sites for hydroxylation is 1. The molecule has 1 aromatic carbocycles. The highest BCUT2D eigenvalue weighted by Gasteiger charge is 2.23. The van der Waals surface area contributed by atoms with Gasteiger partial charge in [0.1, 0.15) is 6.33 Å². The van der Waals surface area contributed by atoms with Crippen molar-refractivity contribution in [2.75, 3.05) is 36.8 Å². The van der Waals surface area contributed by atoms with Gasteiger partial charge in [-0.2, -0.15) is 0 Å². The number of aromatic nitrogens is 2. The summed E-state index contributed by atoms with van der Waals surface area (Å²) in [6.07, 6.45) is 5.02. The van der Waals surface area contributed by atoms with E-state index < -0.39 is 4.92 Å². The molecule has 8 nitrogen and oxygen atoms in total. The SMILES string of the molecule is Cc1cc(Cl)ccc1Nc1ncnc(NCCN2CCCCC2)c1[N+](=O)[O-].